The molecule has 2 rings (SSSR count). The molecule has 106 valence electrons. The van der Waals surface area contributed by atoms with Crippen molar-refractivity contribution in [3.63, 3.8) is 0 Å². The Labute approximate surface area is 127 Å². The van der Waals surface area contributed by atoms with Gasteiger partial charge in [0.25, 0.3) is 10.0 Å². The van der Waals surface area contributed by atoms with Gasteiger partial charge in [-0.2, -0.15) is 18.4 Å². The van der Waals surface area contributed by atoms with Crippen LogP contribution in [0.15, 0.2) is 46.4 Å². The van der Waals surface area contributed by atoms with Crippen LogP contribution in [0.2, 0.25) is 5.02 Å². The van der Waals surface area contributed by atoms with Gasteiger partial charge in [-0.3, -0.25) is 0 Å². The molecule has 0 spiro atoms. The Bertz CT molecular complexity index is 734. The van der Waals surface area contributed by atoms with Gasteiger partial charge in [-0.05, 0) is 50.2 Å². The molecule has 7 heteroatoms. The summed E-state index contributed by atoms with van der Waals surface area (Å²) < 4.78 is 24.1. The zero-order chi connectivity index (χ0) is 14.8. The van der Waals surface area contributed by atoms with E-state index in [1.54, 1.807) is 18.3 Å². The van der Waals surface area contributed by atoms with E-state index >= 15 is 0 Å². The summed E-state index contributed by atoms with van der Waals surface area (Å²) in [6, 6.07) is 9.79. The molecular formula is C13H13ClN2O2S2. The number of nitrogens with one attached hydrogen (secondary N) is 1. The fourth-order valence-corrected chi connectivity index (χ4v) is 3.27. The lowest BCUT2D eigenvalue weighted by atomic mass is 10.3. The van der Waals surface area contributed by atoms with Crippen LogP contribution in [-0.2, 0) is 10.0 Å². The Hall–Kier alpha value is -1.37. The van der Waals surface area contributed by atoms with Crippen molar-refractivity contribution in [2.75, 3.05) is 0 Å². The highest BCUT2D eigenvalue weighted by molar-refractivity contribution is 7.89. The monoisotopic (exact) mass is 328 g/mol. The lowest BCUT2D eigenvalue weighted by Crippen LogP contribution is -2.19. The number of hydrogen-bond donors (Lipinski definition) is 1. The minimum atomic E-state index is -3.66. The second kappa shape index (κ2) is 5.95. The topological polar surface area (TPSA) is 58.5 Å². The van der Waals surface area contributed by atoms with Gasteiger partial charge in [-0.25, -0.2) is 0 Å². The number of benzene rings is 1. The van der Waals surface area contributed by atoms with Gasteiger partial charge in [0.2, 0.25) is 0 Å². The molecule has 0 atom stereocenters. The van der Waals surface area contributed by atoms with Crippen LogP contribution >= 0.6 is 22.9 Å². The first-order valence-electron chi connectivity index (χ1n) is 5.77. The third kappa shape index (κ3) is 3.59. The van der Waals surface area contributed by atoms with E-state index in [0.29, 0.717) is 10.7 Å². The van der Waals surface area contributed by atoms with Crippen molar-refractivity contribution in [2.45, 2.75) is 18.7 Å². The van der Waals surface area contributed by atoms with E-state index in [-0.39, 0.29) is 4.90 Å². The average molecular weight is 329 g/mol. The minimum Gasteiger partial charge on any atom is -0.200 e. The fraction of sp³-hybridized carbons (Fsp3) is 0.154. The summed E-state index contributed by atoms with van der Waals surface area (Å²) in [6.45, 7) is 3.75. The molecular weight excluding hydrogens is 316 g/mol. The lowest BCUT2D eigenvalue weighted by molar-refractivity contribution is 0.584. The van der Waals surface area contributed by atoms with Crippen LogP contribution in [0, 0.1) is 6.92 Å². The van der Waals surface area contributed by atoms with Gasteiger partial charge in [-0.1, -0.05) is 11.6 Å². The summed E-state index contributed by atoms with van der Waals surface area (Å²) in [6.07, 6.45) is 0. The molecule has 0 aliphatic carbocycles. The van der Waals surface area contributed by atoms with E-state index in [9.17, 15) is 8.42 Å². The number of aryl methyl sites for hydroxylation is 1. The highest BCUT2D eigenvalue weighted by Gasteiger charge is 2.13. The van der Waals surface area contributed by atoms with Crippen LogP contribution in [0.3, 0.4) is 0 Å². The number of hydrogen-bond acceptors (Lipinski definition) is 4. The Morgan fingerprint density at radius 1 is 1.20 bits per heavy atom. The van der Waals surface area contributed by atoms with E-state index < -0.39 is 10.0 Å². The predicted octanol–water partition coefficient (Wildman–Crippen LogP) is 3.41. The maximum absolute atomic E-state index is 12.0. The van der Waals surface area contributed by atoms with Crippen LogP contribution in [-0.4, -0.2) is 14.1 Å². The number of sulfonamides is 1. The van der Waals surface area contributed by atoms with Crippen molar-refractivity contribution < 1.29 is 8.42 Å². The largest absolute Gasteiger partial charge is 0.276 e. The fourth-order valence-electron chi connectivity index (χ4n) is 1.48. The van der Waals surface area contributed by atoms with E-state index in [2.05, 4.69) is 9.93 Å². The summed E-state index contributed by atoms with van der Waals surface area (Å²) in [7, 11) is -3.66. The summed E-state index contributed by atoms with van der Waals surface area (Å²) in [4.78, 5) is 4.43. The molecule has 0 saturated carbocycles. The van der Waals surface area contributed by atoms with Crippen molar-refractivity contribution in [3.05, 3.63) is 51.2 Å². The number of nitrogens with zero attached hydrogens (tertiary/aromatic N) is 1. The van der Waals surface area contributed by atoms with Gasteiger partial charge in [-0.15, -0.1) is 11.3 Å². The van der Waals surface area contributed by atoms with Crippen molar-refractivity contribution in [1.29, 1.82) is 0 Å². The highest BCUT2D eigenvalue weighted by Crippen LogP contribution is 2.17. The molecule has 20 heavy (non-hydrogen) atoms. The zero-order valence-corrected chi connectivity index (χ0v) is 13.3. The Morgan fingerprint density at radius 2 is 1.85 bits per heavy atom. The van der Waals surface area contributed by atoms with Gasteiger partial charge in [0.15, 0.2) is 0 Å². The van der Waals surface area contributed by atoms with Gasteiger partial charge in [0.1, 0.15) is 0 Å². The van der Waals surface area contributed by atoms with Crippen molar-refractivity contribution in [3.8, 4) is 0 Å². The molecule has 0 unspecified atom stereocenters. The molecule has 0 radical (unpaired) electrons. The van der Waals surface area contributed by atoms with Gasteiger partial charge in [0, 0.05) is 9.90 Å². The molecule has 1 N–H and O–H groups in total. The highest BCUT2D eigenvalue weighted by atomic mass is 35.5. The summed E-state index contributed by atoms with van der Waals surface area (Å²) >= 11 is 7.29. The third-order valence-corrected chi connectivity index (χ3v) is 5.14. The number of hydrazone groups is 1. The Balaban J connectivity index is 2.18. The normalized spacial score (nSPS) is 12.4. The maximum atomic E-state index is 12.0. The van der Waals surface area contributed by atoms with Gasteiger partial charge >= 0.3 is 0 Å². The van der Waals surface area contributed by atoms with Crippen molar-refractivity contribution in [1.82, 2.24) is 4.83 Å². The van der Waals surface area contributed by atoms with Crippen molar-refractivity contribution in [2.24, 2.45) is 5.10 Å². The van der Waals surface area contributed by atoms with Crippen LogP contribution < -0.4 is 4.83 Å². The van der Waals surface area contributed by atoms with Crippen LogP contribution in [0.5, 0.6) is 0 Å². The van der Waals surface area contributed by atoms with E-state index in [0.717, 1.165) is 9.75 Å². The summed E-state index contributed by atoms with van der Waals surface area (Å²) in [5.41, 5.74) is 0.626. The molecule has 0 aliphatic rings. The van der Waals surface area contributed by atoms with Crippen molar-refractivity contribution >= 4 is 38.7 Å². The Kier molecular flexibility index (Phi) is 4.47. The molecule has 0 bridgehead atoms. The van der Waals surface area contributed by atoms with Gasteiger partial charge < -0.3 is 0 Å². The second-order valence-corrected chi connectivity index (χ2v) is 7.54. The van der Waals surface area contributed by atoms with Crippen LogP contribution in [0.25, 0.3) is 0 Å². The molecule has 1 aromatic heterocycles. The smallest absolute Gasteiger partial charge is 0.200 e. The first-order valence-corrected chi connectivity index (χ1v) is 8.45. The predicted molar refractivity (Wildman–Crippen MR) is 83.0 cm³/mol. The van der Waals surface area contributed by atoms with Crippen LogP contribution in [0.4, 0.5) is 0 Å². The average Bonchev–Trinajstić information content (AvgIpc) is 2.83. The molecule has 2 aromatic rings. The molecule has 0 amide bonds. The third-order valence-electron chi connectivity index (χ3n) is 2.55. The zero-order valence-electron chi connectivity index (χ0n) is 10.9. The van der Waals surface area contributed by atoms with Crippen LogP contribution in [0.1, 0.15) is 16.7 Å². The van der Waals surface area contributed by atoms with E-state index in [4.69, 9.17) is 11.6 Å². The molecule has 0 saturated heterocycles. The number of rotatable bonds is 4. The molecule has 0 aliphatic heterocycles. The van der Waals surface area contributed by atoms with E-state index in [1.807, 2.05) is 19.1 Å². The summed E-state index contributed by atoms with van der Waals surface area (Å²) in [5, 5.41) is 4.42. The molecule has 4 nitrogen and oxygen atoms in total. The summed E-state index contributed by atoms with van der Waals surface area (Å²) in [5.74, 6) is 0. The molecule has 0 fully saturated rings. The lowest BCUT2D eigenvalue weighted by Gasteiger charge is -2.04. The Morgan fingerprint density at radius 3 is 2.40 bits per heavy atom. The first-order chi connectivity index (χ1) is 9.38. The molecule has 1 aromatic carbocycles. The quantitative estimate of drug-likeness (QED) is 0.690. The molecule has 1 heterocycles. The standard InChI is InChI=1S/C13H13ClN2O2S2/c1-9-3-8-13(19-9)10(2)15-16-20(17,18)12-6-4-11(14)5-7-12/h3-8,16H,1-2H3/b15-10+. The number of thiophene rings is 1. The minimum absolute atomic E-state index is 0.126. The number of halogens is 1. The SMILES string of the molecule is C/C(=N\NS(=O)(=O)c1ccc(Cl)cc1)c1ccc(C)s1. The van der Waals surface area contributed by atoms with E-state index in [1.165, 1.54) is 24.3 Å². The second-order valence-electron chi connectivity index (χ2n) is 4.16. The van der Waals surface area contributed by atoms with Gasteiger partial charge in [0.05, 0.1) is 15.5 Å². The maximum Gasteiger partial charge on any atom is 0.276 e. The first kappa shape index (κ1) is 15.0.